The summed E-state index contributed by atoms with van der Waals surface area (Å²) in [5, 5.41) is 1.01. The first kappa shape index (κ1) is 15.7. The van der Waals surface area contributed by atoms with Gasteiger partial charge in [-0.3, -0.25) is 19.8 Å². The van der Waals surface area contributed by atoms with Crippen molar-refractivity contribution in [3.8, 4) is 0 Å². The number of rotatable bonds is 2. The topological polar surface area (TPSA) is 69.7 Å². The lowest BCUT2D eigenvalue weighted by molar-refractivity contribution is -0.132. The zero-order chi connectivity index (χ0) is 16.7. The lowest BCUT2D eigenvalue weighted by atomic mass is 10.1. The van der Waals surface area contributed by atoms with Crippen molar-refractivity contribution in [2.75, 3.05) is 11.4 Å². The number of fused-ring (bicyclic) bond motifs is 1. The van der Waals surface area contributed by atoms with Gasteiger partial charge in [0.25, 0.3) is 11.8 Å². The molecule has 1 N–H and O–H groups in total. The molecule has 23 heavy (non-hydrogen) atoms. The van der Waals surface area contributed by atoms with Crippen LogP contribution in [0.3, 0.4) is 0 Å². The van der Waals surface area contributed by atoms with E-state index in [1.807, 2.05) is 31.2 Å². The van der Waals surface area contributed by atoms with E-state index in [4.69, 9.17) is 12.2 Å². The van der Waals surface area contributed by atoms with Gasteiger partial charge in [-0.05, 0) is 25.2 Å². The number of hydrazine groups is 1. The number of carbonyl (C=O) groups excluding carboxylic acids is 3. The molecule has 3 rings (SSSR count). The maximum absolute atomic E-state index is 12.7. The molecule has 0 aliphatic carbocycles. The van der Waals surface area contributed by atoms with Gasteiger partial charge in [0.2, 0.25) is 5.91 Å². The van der Waals surface area contributed by atoms with Crippen LogP contribution in [0.4, 0.5) is 5.69 Å². The molecule has 0 spiro atoms. The second-order valence-electron chi connectivity index (χ2n) is 4.95. The van der Waals surface area contributed by atoms with Gasteiger partial charge < -0.3 is 4.90 Å². The van der Waals surface area contributed by atoms with E-state index >= 15 is 0 Å². The van der Waals surface area contributed by atoms with Crippen molar-refractivity contribution in [2.45, 2.75) is 13.8 Å². The van der Waals surface area contributed by atoms with Crippen molar-refractivity contribution in [3.63, 3.8) is 0 Å². The van der Waals surface area contributed by atoms with Crippen LogP contribution in [0.2, 0.25) is 0 Å². The predicted octanol–water partition coefficient (Wildman–Crippen LogP) is 1.68. The van der Waals surface area contributed by atoms with Gasteiger partial charge in [-0.15, -0.1) is 0 Å². The summed E-state index contributed by atoms with van der Waals surface area (Å²) in [6.07, 6.45) is 0. The number of thioether (sulfide) groups is 1. The highest BCUT2D eigenvalue weighted by molar-refractivity contribution is 8.26. The molecule has 2 aliphatic heterocycles. The Morgan fingerprint density at radius 1 is 1.26 bits per heavy atom. The summed E-state index contributed by atoms with van der Waals surface area (Å²) in [6.45, 7) is 3.67. The summed E-state index contributed by atoms with van der Waals surface area (Å²) in [6, 6.07) is 7.32. The van der Waals surface area contributed by atoms with E-state index in [1.165, 1.54) is 6.92 Å². The molecular weight excluding hydrogens is 334 g/mol. The Bertz CT molecular complexity index is 788. The summed E-state index contributed by atoms with van der Waals surface area (Å²) in [5.74, 6) is -1.11. The van der Waals surface area contributed by atoms with Crippen molar-refractivity contribution < 1.29 is 14.4 Å². The maximum Gasteiger partial charge on any atom is 0.286 e. The number of thiocarbonyl (C=S) groups is 1. The second kappa shape index (κ2) is 5.78. The molecule has 3 amide bonds. The van der Waals surface area contributed by atoms with Crippen LogP contribution in [0.25, 0.3) is 5.57 Å². The zero-order valence-electron chi connectivity index (χ0n) is 12.5. The molecule has 0 bridgehead atoms. The van der Waals surface area contributed by atoms with Crippen molar-refractivity contribution in [1.82, 2.24) is 10.4 Å². The van der Waals surface area contributed by atoms with Gasteiger partial charge in [-0.2, -0.15) is 5.01 Å². The average Bonchev–Trinajstić information content (AvgIpc) is 2.94. The number of amides is 3. The Kier molecular flexibility index (Phi) is 3.95. The van der Waals surface area contributed by atoms with Crippen LogP contribution in [0.5, 0.6) is 0 Å². The number of carbonyl (C=O) groups is 3. The standard InChI is InChI=1S/C15H13N3O3S2/c1-3-17-10-7-5-4-6-9(10)11(13(17)20)12-14(21)18(15(22)23-12)16-8(2)19/h4-7H,3H2,1-2H3,(H,16,19)/b12-11+. The van der Waals surface area contributed by atoms with Crippen LogP contribution < -0.4 is 10.3 Å². The van der Waals surface area contributed by atoms with Crippen molar-refractivity contribution in [2.24, 2.45) is 0 Å². The van der Waals surface area contributed by atoms with Crippen molar-refractivity contribution >= 4 is 57.3 Å². The van der Waals surface area contributed by atoms with Gasteiger partial charge in [0.05, 0.1) is 16.2 Å². The number of benzene rings is 1. The minimum atomic E-state index is -0.480. The Hall–Kier alpha value is -2.19. The fraction of sp³-hybridized carbons (Fsp3) is 0.200. The van der Waals surface area contributed by atoms with E-state index in [2.05, 4.69) is 5.43 Å². The SMILES string of the molecule is CCN1C(=O)/C(=C2/SC(=S)N(NC(C)=O)C2=O)c2ccccc21. The smallest absolute Gasteiger partial charge is 0.286 e. The molecule has 0 unspecified atom stereocenters. The number of likely N-dealkylation sites (N-methyl/N-ethyl adjacent to an activating group) is 1. The van der Waals surface area contributed by atoms with Gasteiger partial charge in [0.15, 0.2) is 4.32 Å². The second-order valence-corrected chi connectivity index (χ2v) is 6.59. The summed E-state index contributed by atoms with van der Waals surface area (Å²) in [5.41, 5.74) is 4.21. The Labute approximate surface area is 142 Å². The third-order valence-corrected chi connectivity index (χ3v) is 4.88. The van der Waals surface area contributed by atoms with Gasteiger partial charge in [0, 0.05) is 19.0 Å². The molecular formula is C15H13N3O3S2. The highest BCUT2D eigenvalue weighted by Crippen LogP contribution is 2.43. The quantitative estimate of drug-likeness (QED) is 0.651. The van der Waals surface area contributed by atoms with E-state index in [-0.39, 0.29) is 15.1 Å². The van der Waals surface area contributed by atoms with Crippen LogP contribution in [0.15, 0.2) is 29.2 Å². The van der Waals surface area contributed by atoms with Gasteiger partial charge >= 0.3 is 0 Å². The molecule has 2 heterocycles. The Morgan fingerprint density at radius 3 is 2.61 bits per heavy atom. The molecule has 0 saturated carbocycles. The van der Waals surface area contributed by atoms with Crippen molar-refractivity contribution in [1.29, 1.82) is 0 Å². The van der Waals surface area contributed by atoms with E-state index in [1.54, 1.807) is 4.90 Å². The third-order valence-electron chi connectivity index (χ3n) is 3.51. The molecule has 1 saturated heterocycles. The molecule has 0 atom stereocenters. The highest BCUT2D eigenvalue weighted by atomic mass is 32.2. The van der Waals surface area contributed by atoms with E-state index < -0.39 is 11.8 Å². The number of anilines is 1. The molecule has 2 aliphatic rings. The van der Waals surface area contributed by atoms with E-state index in [9.17, 15) is 14.4 Å². The molecule has 118 valence electrons. The molecule has 1 fully saturated rings. The zero-order valence-corrected chi connectivity index (χ0v) is 14.1. The van der Waals surface area contributed by atoms with Crippen LogP contribution >= 0.6 is 24.0 Å². The number of nitrogens with one attached hydrogen (secondary N) is 1. The normalized spacial score (nSPS) is 20.3. The first-order valence-electron chi connectivity index (χ1n) is 6.94. The number of hydrogen-bond donors (Lipinski definition) is 1. The number of para-hydroxylation sites is 1. The minimum absolute atomic E-state index is 0.202. The lowest BCUT2D eigenvalue weighted by Crippen LogP contribution is -2.43. The minimum Gasteiger partial charge on any atom is -0.308 e. The largest absolute Gasteiger partial charge is 0.308 e. The first-order chi connectivity index (χ1) is 11.0. The fourth-order valence-electron chi connectivity index (χ4n) is 2.59. The van der Waals surface area contributed by atoms with Crippen molar-refractivity contribution in [3.05, 3.63) is 34.7 Å². The van der Waals surface area contributed by atoms with E-state index in [0.717, 1.165) is 22.5 Å². The van der Waals surface area contributed by atoms with Crippen LogP contribution in [0, 0.1) is 0 Å². The molecule has 6 nitrogen and oxygen atoms in total. The highest BCUT2D eigenvalue weighted by Gasteiger charge is 2.42. The summed E-state index contributed by atoms with van der Waals surface area (Å²) in [4.78, 5) is 38.4. The Balaban J connectivity index is 2.12. The van der Waals surface area contributed by atoms with Crippen LogP contribution in [0.1, 0.15) is 19.4 Å². The Morgan fingerprint density at radius 2 is 1.96 bits per heavy atom. The third kappa shape index (κ3) is 2.43. The number of hydrogen-bond acceptors (Lipinski definition) is 5. The summed E-state index contributed by atoms with van der Waals surface area (Å²) < 4.78 is 0.202. The fourth-order valence-corrected chi connectivity index (χ4v) is 3.84. The molecule has 0 aromatic heterocycles. The molecule has 0 radical (unpaired) electrons. The average molecular weight is 347 g/mol. The summed E-state index contributed by atoms with van der Waals surface area (Å²) in [7, 11) is 0. The molecule has 8 heteroatoms. The predicted molar refractivity (Wildman–Crippen MR) is 92.2 cm³/mol. The van der Waals surface area contributed by atoms with Crippen LogP contribution in [-0.4, -0.2) is 33.6 Å². The van der Waals surface area contributed by atoms with Gasteiger partial charge in [0.1, 0.15) is 0 Å². The van der Waals surface area contributed by atoms with Gasteiger partial charge in [-0.1, -0.05) is 30.0 Å². The monoisotopic (exact) mass is 347 g/mol. The van der Waals surface area contributed by atoms with E-state index in [0.29, 0.717) is 17.7 Å². The van der Waals surface area contributed by atoms with Gasteiger partial charge in [-0.25, -0.2) is 0 Å². The van der Waals surface area contributed by atoms with Crippen LogP contribution in [-0.2, 0) is 14.4 Å². The lowest BCUT2D eigenvalue weighted by Gasteiger charge is -2.14. The summed E-state index contributed by atoms with van der Waals surface area (Å²) >= 11 is 6.16. The maximum atomic E-state index is 12.7. The molecule has 1 aromatic carbocycles. The molecule has 1 aromatic rings. The number of nitrogens with zero attached hydrogens (tertiary/aromatic N) is 2. The first-order valence-corrected chi connectivity index (χ1v) is 8.17.